The summed E-state index contributed by atoms with van der Waals surface area (Å²) in [4.78, 5) is 0. The molecule has 0 atom stereocenters. The highest BCUT2D eigenvalue weighted by atomic mass is 14.8. The van der Waals surface area contributed by atoms with Gasteiger partial charge in [0.25, 0.3) is 0 Å². The molecule has 1 nitrogen and oxygen atoms in total. The zero-order valence-electron chi connectivity index (χ0n) is 12.7. The summed E-state index contributed by atoms with van der Waals surface area (Å²) in [7, 11) is 0. The van der Waals surface area contributed by atoms with Gasteiger partial charge in [-0.3, -0.25) is 0 Å². The van der Waals surface area contributed by atoms with Crippen LogP contribution >= 0.6 is 0 Å². The highest BCUT2D eigenvalue weighted by Gasteiger charge is 1.94. The predicted octanol–water partition coefficient (Wildman–Crippen LogP) is 5.05. The minimum absolute atomic E-state index is 0. The molecule has 0 spiro atoms. The van der Waals surface area contributed by atoms with Crippen LogP contribution in [0.5, 0.6) is 0 Å². The molecular weight excluding hydrogens is 218 g/mol. The van der Waals surface area contributed by atoms with Gasteiger partial charge in [-0.1, -0.05) is 69.5 Å². The van der Waals surface area contributed by atoms with Gasteiger partial charge in [0, 0.05) is 1.43 Å². The highest BCUT2D eigenvalue weighted by Crippen LogP contribution is 2.00. The molecule has 1 aliphatic rings. The van der Waals surface area contributed by atoms with E-state index in [4.69, 9.17) is 0 Å². The predicted molar refractivity (Wildman–Crippen MR) is 85.1 cm³/mol. The van der Waals surface area contributed by atoms with Crippen molar-refractivity contribution in [3.8, 4) is 0 Å². The largest absolute Gasteiger partial charge is 0.317 e. The summed E-state index contributed by atoms with van der Waals surface area (Å²) < 4.78 is 0. The van der Waals surface area contributed by atoms with Crippen molar-refractivity contribution in [1.29, 1.82) is 0 Å². The third-order valence-electron chi connectivity index (χ3n) is 2.40. The Labute approximate surface area is 115 Å². The number of aryl methyl sites for hydroxylation is 1. The Hall–Kier alpha value is -0.820. The van der Waals surface area contributed by atoms with Crippen LogP contribution in [-0.2, 0) is 0 Å². The number of benzene rings is 1. The van der Waals surface area contributed by atoms with Crippen molar-refractivity contribution in [2.45, 2.75) is 53.4 Å². The van der Waals surface area contributed by atoms with E-state index in [-0.39, 0.29) is 1.43 Å². The summed E-state index contributed by atoms with van der Waals surface area (Å²) >= 11 is 0. The third kappa shape index (κ3) is 15.2. The molecule has 18 heavy (non-hydrogen) atoms. The molecule has 1 aliphatic heterocycles. The van der Waals surface area contributed by atoms with Gasteiger partial charge in [-0.15, -0.1) is 0 Å². The van der Waals surface area contributed by atoms with Crippen LogP contribution in [0.1, 0.15) is 53.4 Å². The van der Waals surface area contributed by atoms with Crippen LogP contribution in [0.2, 0.25) is 0 Å². The first-order valence-corrected chi connectivity index (χ1v) is 7.35. The van der Waals surface area contributed by atoms with Gasteiger partial charge in [0.1, 0.15) is 0 Å². The average molecular weight is 251 g/mol. The summed E-state index contributed by atoms with van der Waals surface area (Å²) in [6.07, 6.45) is 5.65. The molecule has 0 unspecified atom stereocenters. The maximum atomic E-state index is 3.35. The molecule has 1 saturated heterocycles. The Bertz CT molecular complexity index is 237. The topological polar surface area (TPSA) is 12.0 Å². The maximum absolute atomic E-state index is 3.35. The summed E-state index contributed by atoms with van der Waals surface area (Å²) in [5, 5.41) is 3.35. The van der Waals surface area contributed by atoms with Gasteiger partial charge in [-0.2, -0.15) is 0 Å². The standard InChI is InChI=1S/C7H8.C6H13N.C4H10.H2/c1-7-5-3-2-4-6-7;1-2-4-6-7-5-3-1;1-4(2)3;/h2-6H,1H3;7H,1-6H2;4H,1-3H3;1H. The van der Waals surface area contributed by atoms with Crippen molar-refractivity contribution < 1.29 is 1.43 Å². The second-order valence-electron chi connectivity index (χ2n) is 5.55. The van der Waals surface area contributed by atoms with Crippen LogP contribution in [0.15, 0.2) is 30.3 Å². The third-order valence-corrected chi connectivity index (χ3v) is 2.40. The Morgan fingerprint density at radius 1 is 0.889 bits per heavy atom. The SMILES string of the molecule is C1CCCNCC1.CC(C)C.Cc1ccccc1.[HH]. The van der Waals surface area contributed by atoms with E-state index < -0.39 is 0 Å². The van der Waals surface area contributed by atoms with Gasteiger partial charge in [0.15, 0.2) is 0 Å². The number of nitrogens with one attached hydrogen (secondary N) is 1. The van der Waals surface area contributed by atoms with Crippen LogP contribution in [0.25, 0.3) is 0 Å². The second kappa shape index (κ2) is 12.6. The van der Waals surface area contributed by atoms with E-state index in [1.54, 1.807) is 0 Å². The lowest BCUT2D eigenvalue weighted by molar-refractivity contribution is 0.702. The van der Waals surface area contributed by atoms with Crippen molar-refractivity contribution in [2.24, 2.45) is 5.92 Å². The average Bonchev–Trinajstić information content (AvgIpc) is 2.62. The van der Waals surface area contributed by atoms with E-state index in [9.17, 15) is 0 Å². The molecule has 1 heterocycles. The fourth-order valence-electron chi connectivity index (χ4n) is 1.51. The van der Waals surface area contributed by atoms with Crippen molar-refractivity contribution in [2.75, 3.05) is 13.1 Å². The van der Waals surface area contributed by atoms with E-state index in [0.29, 0.717) is 0 Å². The molecule has 0 radical (unpaired) electrons. The normalized spacial score (nSPS) is 14.7. The zero-order chi connectivity index (χ0) is 13.6. The molecule has 2 rings (SSSR count). The van der Waals surface area contributed by atoms with E-state index >= 15 is 0 Å². The Morgan fingerprint density at radius 3 is 1.67 bits per heavy atom. The van der Waals surface area contributed by atoms with Crippen LogP contribution < -0.4 is 5.32 Å². The first kappa shape index (κ1) is 17.2. The molecule has 0 aromatic heterocycles. The van der Waals surface area contributed by atoms with Gasteiger partial charge < -0.3 is 5.32 Å². The fraction of sp³-hybridized carbons (Fsp3) is 0.647. The van der Waals surface area contributed by atoms with Gasteiger partial charge in [0.05, 0.1) is 0 Å². The van der Waals surface area contributed by atoms with E-state index in [1.165, 1.54) is 44.3 Å². The van der Waals surface area contributed by atoms with Crippen LogP contribution in [-0.4, -0.2) is 13.1 Å². The van der Waals surface area contributed by atoms with Crippen molar-refractivity contribution >= 4 is 0 Å². The molecule has 0 aliphatic carbocycles. The summed E-state index contributed by atoms with van der Waals surface area (Å²) in [6.45, 7) is 11.1. The minimum atomic E-state index is 0. The molecule has 1 aromatic carbocycles. The van der Waals surface area contributed by atoms with E-state index in [0.717, 1.165) is 5.92 Å². The molecule has 1 heteroatoms. The van der Waals surface area contributed by atoms with Gasteiger partial charge in [-0.25, -0.2) is 0 Å². The van der Waals surface area contributed by atoms with Crippen molar-refractivity contribution in [3.05, 3.63) is 35.9 Å². The van der Waals surface area contributed by atoms with Crippen LogP contribution in [0.4, 0.5) is 0 Å². The van der Waals surface area contributed by atoms with Gasteiger partial charge in [0.2, 0.25) is 0 Å². The van der Waals surface area contributed by atoms with Crippen LogP contribution in [0.3, 0.4) is 0 Å². The molecule has 0 amide bonds. The number of hydrogen-bond acceptors (Lipinski definition) is 1. The smallest absolute Gasteiger partial charge is 0 e. The lowest BCUT2D eigenvalue weighted by Crippen LogP contribution is -2.12. The second-order valence-corrected chi connectivity index (χ2v) is 5.55. The molecule has 1 N–H and O–H groups in total. The quantitative estimate of drug-likeness (QED) is 0.680. The fourth-order valence-corrected chi connectivity index (χ4v) is 1.51. The van der Waals surface area contributed by atoms with Crippen LogP contribution in [0, 0.1) is 12.8 Å². The van der Waals surface area contributed by atoms with Gasteiger partial charge in [-0.05, 0) is 38.8 Å². The summed E-state index contributed by atoms with van der Waals surface area (Å²) in [6, 6.07) is 10.3. The molecule has 0 bridgehead atoms. The molecular formula is C17H33N. The Kier molecular flexibility index (Phi) is 12.1. The Morgan fingerprint density at radius 2 is 1.33 bits per heavy atom. The Balaban J connectivity index is 0. The van der Waals surface area contributed by atoms with E-state index in [1.807, 2.05) is 18.2 Å². The summed E-state index contributed by atoms with van der Waals surface area (Å²) in [5.41, 5.74) is 1.32. The zero-order valence-corrected chi connectivity index (χ0v) is 12.7. The lowest BCUT2D eigenvalue weighted by atomic mass is 10.2. The van der Waals surface area contributed by atoms with E-state index in [2.05, 4.69) is 45.1 Å². The molecule has 0 saturated carbocycles. The summed E-state index contributed by atoms with van der Waals surface area (Å²) in [5.74, 6) is 0.833. The van der Waals surface area contributed by atoms with Crippen molar-refractivity contribution in [3.63, 3.8) is 0 Å². The maximum Gasteiger partial charge on any atom is 0 e. The minimum Gasteiger partial charge on any atom is -0.317 e. The first-order valence-electron chi connectivity index (χ1n) is 7.35. The molecule has 1 aromatic rings. The molecule has 1 fully saturated rings. The monoisotopic (exact) mass is 251 g/mol. The number of hydrogen-bond donors (Lipinski definition) is 1. The number of rotatable bonds is 0. The van der Waals surface area contributed by atoms with Gasteiger partial charge >= 0.3 is 0 Å². The molecule has 106 valence electrons. The van der Waals surface area contributed by atoms with Crippen molar-refractivity contribution in [1.82, 2.24) is 5.32 Å². The highest BCUT2D eigenvalue weighted by molar-refractivity contribution is 5.11. The first-order chi connectivity index (χ1) is 8.63. The lowest BCUT2D eigenvalue weighted by Gasteiger charge is -1.91.